The zero-order chi connectivity index (χ0) is 10.9. The summed E-state index contributed by atoms with van der Waals surface area (Å²) in [6, 6.07) is 0. The lowest BCUT2D eigenvalue weighted by atomic mass is 10.1. The molecule has 1 rings (SSSR count). The van der Waals surface area contributed by atoms with Crippen molar-refractivity contribution in [2.45, 2.75) is 23.6 Å². The Morgan fingerprint density at radius 3 is 1.93 bits per heavy atom. The highest BCUT2D eigenvalue weighted by molar-refractivity contribution is 7.81. The standard InChI is InChI=1S/C9H14N2OS2/c1-3-12-7-5(10)8(13)4(2)9(14)6(7)11/h13-14H,3,10-11H2,1-2H3. The highest BCUT2D eigenvalue weighted by atomic mass is 32.1. The Kier molecular flexibility index (Phi) is 3.44. The van der Waals surface area contributed by atoms with Crippen molar-refractivity contribution in [2.24, 2.45) is 0 Å². The number of thiol groups is 2. The summed E-state index contributed by atoms with van der Waals surface area (Å²) in [7, 11) is 0. The molecule has 0 saturated carbocycles. The molecule has 0 spiro atoms. The quantitative estimate of drug-likeness (QED) is 0.465. The molecule has 0 heterocycles. The zero-order valence-electron chi connectivity index (χ0n) is 8.16. The van der Waals surface area contributed by atoms with Crippen LogP contribution in [-0.2, 0) is 0 Å². The van der Waals surface area contributed by atoms with Gasteiger partial charge in [-0.1, -0.05) is 0 Å². The number of anilines is 2. The molecule has 0 fully saturated rings. The molecule has 1 aromatic carbocycles. The zero-order valence-corrected chi connectivity index (χ0v) is 9.95. The first kappa shape index (κ1) is 11.4. The lowest BCUT2D eigenvalue weighted by Gasteiger charge is -2.16. The van der Waals surface area contributed by atoms with Gasteiger partial charge in [0.1, 0.15) is 0 Å². The third-order valence-electron chi connectivity index (χ3n) is 2.00. The molecule has 5 heteroatoms. The molecule has 0 atom stereocenters. The van der Waals surface area contributed by atoms with Crippen LogP contribution in [0.2, 0.25) is 0 Å². The predicted molar refractivity (Wildman–Crippen MR) is 65.7 cm³/mol. The number of rotatable bonds is 2. The summed E-state index contributed by atoms with van der Waals surface area (Å²) in [4.78, 5) is 1.35. The normalized spacial score (nSPS) is 10.3. The molecule has 0 amide bonds. The Balaban J connectivity index is 3.43. The average molecular weight is 230 g/mol. The molecule has 0 aliphatic heterocycles. The maximum atomic E-state index is 5.82. The first-order chi connectivity index (χ1) is 6.50. The highest BCUT2D eigenvalue weighted by Crippen LogP contribution is 2.41. The number of hydrogen-bond acceptors (Lipinski definition) is 5. The molecule has 0 unspecified atom stereocenters. The summed E-state index contributed by atoms with van der Waals surface area (Å²) in [5.41, 5.74) is 13.5. The van der Waals surface area contributed by atoms with Gasteiger partial charge in [-0.3, -0.25) is 0 Å². The van der Waals surface area contributed by atoms with Gasteiger partial charge in [-0.25, -0.2) is 0 Å². The van der Waals surface area contributed by atoms with Gasteiger partial charge in [0.05, 0.1) is 18.0 Å². The maximum Gasteiger partial charge on any atom is 0.167 e. The molecule has 0 saturated heterocycles. The molecule has 0 aromatic heterocycles. The van der Waals surface area contributed by atoms with Gasteiger partial charge in [-0.05, 0) is 19.4 Å². The van der Waals surface area contributed by atoms with Gasteiger partial charge in [0.15, 0.2) is 5.75 Å². The first-order valence-corrected chi connectivity index (χ1v) is 5.12. The molecule has 4 N–H and O–H groups in total. The Labute approximate surface area is 94.6 Å². The van der Waals surface area contributed by atoms with E-state index in [0.717, 1.165) is 5.56 Å². The van der Waals surface area contributed by atoms with Crippen molar-refractivity contribution in [1.29, 1.82) is 0 Å². The minimum absolute atomic E-state index is 0.475. The van der Waals surface area contributed by atoms with Crippen molar-refractivity contribution < 1.29 is 4.74 Å². The van der Waals surface area contributed by atoms with E-state index in [4.69, 9.17) is 16.2 Å². The van der Waals surface area contributed by atoms with Gasteiger partial charge < -0.3 is 16.2 Å². The summed E-state index contributed by atoms with van der Waals surface area (Å²) < 4.78 is 5.34. The van der Waals surface area contributed by atoms with Crippen LogP contribution < -0.4 is 16.2 Å². The van der Waals surface area contributed by atoms with E-state index in [-0.39, 0.29) is 0 Å². The van der Waals surface area contributed by atoms with Gasteiger partial charge in [-0.15, -0.1) is 25.3 Å². The minimum Gasteiger partial charge on any atom is -0.489 e. The Hall–Kier alpha value is -0.680. The van der Waals surface area contributed by atoms with Crippen LogP contribution in [0.1, 0.15) is 12.5 Å². The minimum atomic E-state index is 0.475. The lowest BCUT2D eigenvalue weighted by Crippen LogP contribution is -2.04. The summed E-state index contributed by atoms with van der Waals surface area (Å²) in [6.07, 6.45) is 0. The summed E-state index contributed by atoms with van der Waals surface area (Å²) in [5, 5.41) is 0. The molecular weight excluding hydrogens is 216 g/mol. The number of benzene rings is 1. The summed E-state index contributed by atoms with van der Waals surface area (Å²) >= 11 is 8.56. The maximum absolute atomic E-state index is 5.82. The number of hydrogen-bond donors (Lipinski definition) is 4. The number of nitrogens with two attached hydrogens (primary N) is 2. The van der Waals surface area contributed by atoms with E-state index in [1.807, 2.05) is 13.8 Å². The molecule has 14 heavy (non-hydrogen) atoms. The largest absolute Gasteiger partial charge is 0.489 e. The molecule has 0 aliphatic rings. The fourth-order valence-electron chi connectivity index (χ4n) is 1.18. The van der Waals surface area contributed by atoms with Gasteiger partial charge in [-0.2, -0.15) is 0 Å². The smallest absolute Gasteiger partial charge is 0.167 e. The van der Waals surface area contributed by atoms with E-state index in [1.54, 1.807) is 0 Å². The van der Waals surface area contributed by atoms with E-state index < -0.39 is 0 Å². The second-order valence-electron chi connectivity index (χ2n) is 2.91. The third kappa shape index (κ3) is 1.74. The monoisotopic (exact) mass is 230 g/mol. The van der Waals surface area contributed by atoms with E-state index in [0.29, 0.717) is 33.5 Å². The van der Waals surface area contributed by atoms with Crippen LogP contribution in [0.3, 0.4) is 0 Å². The number of ether oxygens (including phenoxy) is 1. The predicted octanol–water partition coefficient (Wildman–Crippen LogP) is 2.14. The van der Waals surface area contributed by atoms with Gasteiger partial charge in [0.2, 0.25) is 0 Å². The molecule has 1 aromatic rings. The Bertz CT molecular complexity index is 337. The van der Waals surface area contributed by atoms with Crippen molar-refractivity contribution in [1.82, 2.24) is 0 Å². The Morgan fingerprint density at radius 1 is 1.14 bits per heavy atom. The van der Waals surface area contributed by atoms with Crippen molar-refractivity contribution in [3.63, 3.8) is 0 Å². The molecule has 0 bridgehead atoms. The fourth-order valence-corrected chi connectivity index (χ4v) is 1.69. The highest BCUT2D eigenvalue weighted by Gasteiger charge is 2.15. The van der Waals surface area contributed by atoms with Crippen molar-refractivity contribution >= 4 is 36.6 Å². The van der Waals surface area contributed by atoms with E-state index >= 15 is 0 Å². The van der Waals surface area contributed by atoms with Crippen LogP contribution >= 0.6 is 25.3 Å². The van der Waals surface area contributed by atoms with E-state index in [2.05, 4.69) is 25.3 Å². The SMILES string of the molecule is CCOc1c(N)c(S)c(C)c(S)c1N. The van der Waals surface area contributed by atoms with E-state index in [9.17, 15) is 0 Å². The van der Waals surface area contributed by atoms with Crippen molar-refractivity contribution in [3.05, 3.63) is 5.56 Å². The summed E-state index contributed by atoms with van der Waals surface area (Å²) in [6.45, 7) is 4.25. The number of nitrogen functional groups attached to an aromatic ring is 2. The van der Waals surface area contributed by atoms with Gasteiger partial charge in [0.25, 0.3) is 0 Å². The average Bonchev–Trinajstić information content (AvgIpc) is 2.19. The van der Waals surface area contributed by atoms with Gasteiger partial charge in [0, 0.05) is 9.79 Å². The van der Waals surface area contributed by atoms with Crippen LogP contribution in [0.4, 0.5) is 11.4 Å². The second-order valence-corrected chi connectivity index (χ2v) is 3.81. The molecule has 0 aliphatic carbocycles. The first-order valence-electron chi connectivity index (χ1n) is 4.22. The van der Waals surface area contributed by atoms with Crippen LogP contribution in [0, 0.1) is 6.92 Å². The van der Waals surface area contributed by atoms with Crippen LogP contribution in [-0.4, -0.2) is 6.61 Å². The van der Waals surface area contributed by atoms with Crippen molar-refractivity contribution in [3.8, 4) is 5.75 Å². The molecule has 78 valence electrons. The summed E-state index contributed by atoms with van der Waals surface area (Å²) in [5.74, 6) is 0.480. The van der Waals surface area contributed by atoms with E-state index in [1.165, 1.54) is 0 Å². The fraction of sp³-hybridized carbons (Fsp3) is 0.333. The van der Waals surface area contributed by atoms with Crippen LogP contribution in [0.15, 0.2) is 9.79 Å². The van der Waals surface area contributed by atoms with Crippen LogP contribution in [0.5, 0.6) is 5.75 Å². The molecule has 3 nitrogen and oxygen atoms in total. The second kappa shape index (κ2) is 4.23. The lowest BCUT2D eigenvalue weighted by molar-refractivity contribution is 0.342. The molecule has 0 radical (unpaired) electrons. The Morgan fingerprint density at radius 2 is 1.57 bits per heavy atom. The van der Waals surface area contributed by atoms with Crippen LogP contribution in [0.25, 0.3) is 0 Å². The van der Waals surface area contributed by atoms with Crippen molar-refractivity contribution in [2.75, 3.05) is 18.1 Å². The molecular formula is C9H14N2OS2. The topological polar surface area (TPSA) is 61.3 Å². The third-order valence-corrected chi connectivity index (χ3v) is 3.15. The van der Waals surface area contributed by atoms with Gasteiger partial charge >= 0.3 is 0 Å².